The van der Waals surface area contributed by atoms with Gasteiger partial charge in [-0.1, -0.05) is 23.2 Å². The van der Waals surface area contributed by atoms with E-state index in [2.05, 4.69) is 5.32 Å². The maximum absolute atomic E-state index is 11.8. The van der Waals surface area contributed by atoms with E-state index < -0.39 is 0 Å². The van der Waals surface area contributed by atoms with Gasteiger partial charge in [0.15, 0.2) is 0 Å². The van der Waals surface area contributed by atoms with E-state index in [4.69, 9.17) is 23.2 Å². The van der Waals surface area contributed by atoms with Crippen molar-refractivity contribution in [2.75, 3.05) is 11.9 Å². The van der Waals surface area contributed by atoms with Crippen LogP contribution in [-0.2, 0) is 14.4 Å². The summed E-state index contributed by atoms with van der Waals surface area (Å²) in [5, 5.41) is 3.52. The fourth-order valence-corrected chi connectivity index (χ4v) is 2.53. The molecular weight excluding hydrogens is 315 g/mol. The number of halogens is 2. The molecule has 1 aliphatic rings. The van der Waals surface area contributed by atoms with Gasteiger partial charge in [-0.25, -0.2) is 0 Å². The monoisotopic (exact) mass is 328 g/mol. The molecule has 0 aliphatic carbocycles. The number of likely N-dealkylation sites (tertiary alicyclic amines) is 1. The summed E-state index contributed by atoms with van der Waals surface area (Å²) in [6.45, 7) is 0.277. The highest BCUT2D eigenvalue weighted by atomic mass is 35.5. The van der Waals surface area contributed by atoms with E-state index >= 15 is 0 Å². The first-order valence-corrected chi connectivity index (χ1v) is 7.31. The van der Waals surface area contributed by atoms with Crippen LogP contribution in [0.3, 0.4) is 0 Å². The summed E-state index contributed by atoms with van der Waals surface area (Å²) in [5.41, 5.74) is 0.486. The second-order valence-electron chi connectivity index (χ2n) is 4.72. The zero-order valence-corrected chi connectivity index (χ0v) is 12.7. The van der Waals surface area contributed by atoms with Crippen molar-refractivity contribution < 1.29 is 14.4 Å². The van der Waals surface area contributed by atoms with Crippen molar-refractivity contribution in [3.63, 3.8) is 0 Å². The Hall–Kier alpha value is -1.59. The van der Waals surface area contributed by atoms with Gasteiger partial charge in [-0.05, 0) is 24.6 Å². The minimum atomic E-state index is -0.224. The SMILES string of the molecule is O=C(CCCN1C(=O)CCC1=O)Nc1ccc(Cl)cc1Cl. The molecule has 3 amide bonds. The molecule has 0 atom stereocenters. The minimum Gasteiger partial charge on any atom is -0.325 e. The van der Waals surface area contributed by atoms with E-state index in [0.29, 0.717) is 22.2 Å². The molecule has 1 aromatic carbocycles. The first-order valence-electron chi connectivity index (χ1n) is 6.55. The zero-order chi connectivity index (χ0) is 15.4. The van der Waals surface area contributed by atoms with Crippen molar-refractivity contribution in [1.29, 1.82) is 0 Å². The molecule has 0 spiro atoms. The predicted octanol–water partition coefficient (Wildman–Crippen LogP) is 2.86. The number of nitrogens with one attached hydrogen (secondary N) is 1. The lowest BCUT2D eigenvalue weighted by molar-refractivity contribution is -0.138. The minimum absolute atomic E-state index is 0.166. The lowest BCUT2D eigenvalue weighted by Crippen LogP contribution is -2.30. The van der Waals surface area contributed by atoms with Crippen LogP contribution in [0.15, 0.2) is 18.2 Å². The third-order valence-electron chi connectivity index (χ3n) is 3.15. The number of imide groups is 1. The van der Waals surface area contributed by atoms with Crippen LogP contribution in [0.2, 0.25) is 10.0 Å². The van der Waals surface area contributed by atoms with Gasteiger partial charge in [-0.3, -0.25) is 19.3 Å². The summed E-state index contributed by atoms with van der Waals surface area (Å²) in [6.07, 6.45) is 1.17. The number of benzene rings is 1. The van der Waals surface area contributed by atoms with Crippen molar-refractivity contribution in [2.24, 2.45) is 0 Å². The molecule has 1 aromatic rings. The fraction of sp³-hybridized carbons (Fsp3) is 0.357. The maximum atomic E-state index is 11.8. The standard InChI is InChI=1S/C14H14Cl2N2O3/c15-9-3-4-11(10(16)8-9)17-12(19)2-1-7-18-13(20)5-6-14(18)21/h3-4,8H,1-2,5-7H2,(H,17,19). The Morgan fingerprint density at radius 3 is 2.48 bits per heavy atom. The summed E-state index contributed by atoms with van der Waals surface area (Å²) in [4.78, 5) is 35.8. The number of rotatable bonds is 5. The normalized spacial score (nSPS) is 14.7. The first kappa shape index (κ1) is 15.8. The van der Waals surface area contributed by atoms with Gasteiger partial charge in [0.25, 0.3) is 0 Å². The van der Waals surface area contributed by atoms with Gasteiger partial charge in [-0.2, -0.15) is 0 Å². The highest BCUT2D eigenvalue weighted by molar-refractivity contribution is 6.36. The molecule has 0 unspecified atom stereocenters. The van der Waals surface area contributed by atoms with Crippen LogP contribution in [0, 0.1) is 0 Å². The Balaban J connectivity index is 1.80. The van der Waals surface area contributed by atoms with Gasteiger partial charge in [0.1, 0.15) is 0 Å². The lowest BCUT2D eigenvalue weighted by atomic mass is 10.2. The molecule has 1 saturated heterocycles. The molecule has 1 heterocycles. The predicted molar refractivity (Wildman–Crippen MR) is 80.3 cm³/mol. The Bertz CT molecular complexity index is 574. The largest absolute Gasteiger partial charge is 0.325 e. The van der Waals surface area contributed by atoms with Gasteiger partial charge >= 0.3 is 0 Å². The summed E-state index contributed by atoms with van der Waals surface area (Å²) in [7, 11) is 0. The summed E-state index contributed by atoms with van der Waals surface area (Å²) < 4.78 is 0. The Morgan fingerprint density at radius 1 is 1.19 bits per heavy atom. The van der Waals surface area contributed by atoms with E-state index in [1.165, 1.54) is 4.90 Å². The second kappa shape index (κ2) is 6.91. The molecule has 1 fully saturated rings. The van der Waals surface area contributed by atoms with E-state index in [0.717, 1.165) is 0 Å². The van der Waals surface area contributed by atoms with Crippen LogP contribution in [0.1, 0.15) is 25.7 Å². The third-order valence-corrected chi connectivity index (χ3v) is 3.69. The van der Waals surface area contributed by atoms with Gasteiger partial charge in [-0.15, -0.1) is 0 Å². The van der Waals surface area contributed by atoms with Gasteiger partial charge in [0, 0.05) is 30.8 Å². The number of amides is 3. The number of carbonyl (C=O) groups excluding carboxylic acids is 3. The Kier molecular flexibility index (Phi) is 5.20. The van der Waals surface area contributed by atoms with E-state index in [9.17, 15) is 14.4 Å². The van der Waals surface area contributed by atoms with Crippen LogP contribution in [0.25, 0.3) is 0 Å². The smallest absolute Gasteiger partial charge is 0.229 e. The van der Waals surface area contributed by atoms with Crippen LogP contribution >= 0.6 is 23.2 Å². The molecule has 0 radical (unpaired) electrons. The molecule has 1 N–H and O–H groups in total. The molecule has 7 heteroatoms. The molecule has 1 aliphatic heterocycles. The van der Waals surface area contributed by atoms with Gasteiger partial charge in [0.05, 0.1) is 10.7 Å². The third kappa shape index (κ3) is 4.19. The van der Waals surface area contributed by atoms with Crippen molar-refractivity contribution in [3.05, 3.63) is 28.2 Å². The van der Waals surface area contributed by atoms with Gasteiger partial charge in [0.2, 0.25) is 17.7 Å². The van der Waals surface area contributed by atoms with Crippen molar-refractivity contribution >= 4 is 46.6 Å². The number of nitrogens with zero attached hydrogens (tertiary/aromatic N) is 1. The van der Waals surface area contributed by atoms with Crippen LogP contribution < -0.4 is 5.32 Å². The number of anilines is 1. The van der Waals surface area contributed by atoms with Gasteiger partial charge < -0.3 is 5.32 Å². The second-order valence-corrected chi connectivity index (χ2v) is 5.56. The first-order chi connectivity index (χ1) is 9.97. The molecular formula is C14H14Cl2N2O3. The molecule has 2 rings (SSSR count). The topological polar surface area (TPSA) is 66.5 Å². The van der Waals surface area contributed by atoms with Crippen molar-refractivity contribution in [2.45, 2.75) is 25.7 Å². The van der Waals surface area contributed by atoms with E-state index in [1.54, 1.807) is 18.2 Å². The molecule has 0 bridgehead atoms. The van der Waals surface area contributed by atoms with E-state index in [1.807, 2.05) is 0 Å². The average molecular weight is 329 g/mol. The van der Waals surface area contributed by atoms with Crippen LogP contribution in [0.4, 0.5) is 5.69 Å². The molecule has 0 saturated carbocycles. The summed E-state index contributed by atoms with van der Waals surface area (Å²) in [5.74, 6) is -0.555. The molecule has 21 heavy (non-hydrogen) atoms. The van der Waals surface area contributed by atoms with Crippen LogP contribution in [-0.4, -0.2) is 29.2 Å². The molecule has 0 aromatic heterocycles. The van der Waals surface area contributed by atoms with Crippen molar-refractivity contribution in [3.8, 4) is 0 Å². The highest BCUT2D eigenvalue weighted by Gasteiger charge is 2.28. The Morgan fingerprint density at radius 2 is 1.86 bits per heavy atom. The van der Waals surface area contributed by atoms with Crippen molar-refractivity contribution in [1.82, 2.24) is 4.90 Å². The highest BCUT2D eigenvalue weighted by Crippen LogP contribution is 2.25. The number of hydrogen-bond donors (Lipinski definition) is 1. The number of carbonyl (C=O) groups is 3. The van der Waals surface area contributed by atoms with E-state index in [-0.39, 0.29) is 43.5 Å². The average Bonchev–Trinajstić information content (AvgIpc) is 2.74. The fourth-order valence-electron chi connectivity index (χ4n) is 2.07. The zero-order valence-electron chi connectivity index (χ0n) is 11.2. The molecule has 5 nitrogen and oxygen atoms in total. The quantitative estimate of drug-likeness (QED) is 0.845. The van der Waals surface area contributed by atoms with Crippen LogP contribution in [0.5, 0.6) is 0 Å². The summed E-state index contributed by atoms with van der Waals surface area (Å²) >= 11 is 11.7. The number of hydrogen-bond acceptors (Lipinski definition) is 3. The Labute approximate surface area is 132 Å². The maximum Gasteiger partial charge on any atom is 0.229 e. The molecule has 112 valence electrons. The summed E-state index contributed by atoms with van der Waals surface area (Å²) in [6, 6.07) is 4.79. The lowest BCUT2D eigenvalue weighted by Gasteiger charge is -2.13.